The van der Waals surface area contributed by atoms with Crippen LogP contribution >= 0.6 is 0 Å². The van der Waals surface area contributed by atoms with Gasteiger partial charge in [-0.15, -0.1) is 0 Å². The first kappa shape index (κ1) is 15.3. The number of rotatable bonds is 6. The van der Waals surface area contributed by atoms with Crippen molar-refractivity contribution in [2.75, 3.05) is 0 Å². The smallest absolute Gasteiger partial charge is 0.320 e. The Balaban J connectivity index is 2.26. The minimum atomic E-state index is -0.797. The fourth-order valence-electron chi connectivity index (χ4n) is 2.47. The van der Waals surface area contributed by atoms with Crippen LogP contribution in [0.2, 0.25) is 0 Å². The Labute approximate surface area is 125 Å². The fraction of sp³-hybridized carbons (Fsp3) is 0.278. The van der Waals surface area contributed by atoms with E-state index in [9.17, 15) is 9.90 Å². The molecule has 2 aromatic rings. The topological polar surface area (TPSA) is 40.5 Å². The largest absolute Gasteiger partial charge is 0.480 e. The highest BCUT2D eigenvalue weighted by Gasteiger charge is 2.26. The summed E-state index contributed by atoms with van der Waals surface area (Å²) < 4.78 is 0. The third-order valence-corrected chi connectivity index (χ3v) is 3.84. The van der Waals surface area contributed by atoms with Crippen molar-refractivity contribution in [1.29, 1.82) is 0 Å². The molecule has 0 fully saturated rings. The molecule has 2 aromatic carbocycles. The Morgan fingerprint density at radius 2 is 1.52 bits per heavy atom. The Kier molecular flexibility index (Phi) is 5.12. The van der Waals surface area contributed by atoms with Crippen LogP contribution in [-0.2, 0) is 11.3 Å². The molecule has 0 aliphatic carbocycles. The SMILES string of the molecule is CC(C(=O)O)N(Cc1ccccc1)C(C)c1ccccc1. The van der Waals surface area contributed by atoms with Gasteiger partial charge in [0.25, 0.3) is 0 Å². The van der Waals surface area contributed by atoms with Gasteiger partial charge >= 0.3 is 5.97 Å². The Bertz CT molecular complexity index is 568. The number of aliphatic carboxylic acids is 1. The average molecular weight is 283 g/mol. The summed E-state index contributed by atoms with van der Waals surface area (Å²) >= 11 is 0. The number of hydrogen-bond donors (Lipinski definition) is 1. The van der Waals surface area contributed by atoms with Gasteiger partial charge in [-0.25, -0.2) is 0 Å². The summed E-state index contributed by atoms with van der Waals surface area (Å²) in [5.74, 6) is -0.797. The lowest BCUT2D eigenvalue weighted by molar-refractivity contribution is -0.143. The zero-order chi connectivity index (χ0) is 15.2. The van der Waals surface area contributed by atoms with E-state index in [1.807, 2.05) is 65.6 Å². The number of carboxylic acids is 1. The van der Waals surface area contributed by atoms with Gasteiger partial charge in [-0.2, -0.15) is 0 Å². The Hall–Kier alpha value is -2.13. The second kappa shape index (κ2) is 7.04. The maximum atomic E-state index is 11.4. The molecule has 3 heteroatoms. The van der Waals surface area contributed by atoms with Gasteiger partial charge in [0.05, 0.1) is 0 Å². The summed E-state index contributed by atoms with van der Waals surface area (Å²) in [6, 6.07) is 19.5. The van der Waals surface area contributed by atoms with Crippen LogP contribution in [0.3, 0.4) is 0 Å². The van der Waals surface area contributed by atoms with Crippen molar-refractivity contribution < 1.29 is 9.90 Å². The van der Waals surface area contributed by atoms with Crippen molar-refractivity contribution in [2.24, 2.45) is 0 Å². The molecule has 0 aliphatic heterocycles. The van der Waals surface area contributed by atoms with Crippen LogP contribution in [0.5, 0.6) is 0 Å². The predicted octanol–water partition coefficient (Wildman–Crippen LogP) is 3.72. The first-order valence-corrected chi connectivity index (χ1v) is 7.17. The summed E-state index contributed by atoms with van der Waals surface area (Å²) in [7, 11) is 0. The standard InChI is InChI=1S/C18H21NO2/c1-14(17-11-7-4-8-12-17)19(15(2)18(20)21)13-16-9-5-3-6-10-16/h3-12,14-15H,13H2,1-2H3,(H,20,21). The summed E-state index contributed by atoms with van der Waals surface area (Å²) in [5.41, 5.74) is 2.25. The summed E-state index contributed by atoms with van der Waals surface area (Å²) in [6.45, 7) is 4.41. The van der Waals surface area contributed by atoms with Crippen molar-refractivity contribution in [3.63, 3.8) is 0 Å². The number of hydrogen-bond acceptors (Lipinski definition) is 2. The van der Waals surface area contributed by atoms with Crippen molar-refractivity contribution in [1.82, 2.24) is 4.90 Å². The number of carboxylic acid groups (broad SMARTS) is 1. The molecule has 0 bridgehead atoms. The zero-order valence-electron chi connectivity index (χ0n) is 12.4. The van der Waals surface area contributed by atoms with Crippen molar-refractivity contribution in [2.45, 2.75) is 32.5 Å². The van der Waals surface area contributed by atoms with Gasteiger partial charge in [-0.05, 0) is 25.0 Å². The third kappa shape index (κ3) is 3.92. The molecule has 0 saturated carbocycles. The van der Waals surface area contributed by atoms with Crippen molar-refractivity contribution in [3.8, 4) is 0 Å². The molecule has 1 N–H and O–H groups in total. The lowest BCUT2D eigenvalue weighted by Gasteiger charge is -2.32. The molecule has 0 aliphatic rings. The highest BCUT2D eigenvalue weighted by atomic mass is 16.4. The molecule has 0 aromatic heterocycles. The van der Waals surface area contributed by atoms with Crippen LogP contribution in [-0.4, -0.2) is 22.0 Å². The second-order valence-electron chi connectivity index (χ2n) is 5.26. The van der Waals surface area contributed by atoms with E-state index in [0.717, 1.165) is 11.1 Å². The van der Waals surface area contributed by atoms with Gasteiger partial charge in [0.2, 0.25) is 0 Å². The quantitative estimate of drug-likeness (QED) is 0.878. The second-order valence-corrected chi connectivity index (χ2v) is 5.26. The van der Waals surface area contributed by atoms with E-state index < -0.39 is 12.0 Å². The maximum absolute atomic E-state index is 11.4. The Morgan fingerprint density at radius 1 is 1.00 bits per heavy atom. The minimum Gasteiger partial charge on any atom is -0.480 e. The normalized spacial score (nSPS) is 13.9. The minimum absolute atomic E-state index is 0.0394. The van der Waals surface area contributed by atoms with Crippen molar-refractivity contribution >= 4 is 5.97 Å². The van der Waals surface area contributed by atoms with E-state index in [-0.39, 0.29) is 6.04 Å². The van der Waals surface area contributed by atoms with E-state index in [2.05, 4.69) is 6.92 Å². The number of carbonyl (C=O) groups is 1. The van der Waals surface area contributed by atoms with E-state index >= 15 is 0 Å². The molecule has 2 atom stereocenters. The molecule has 2 rings (SSSR count). The third-order valence-electron chi connectivity index (χ3n) is 3.84. The van der Waals surface area contributed by atoms with E-state index in [1.54, 1.807) is 6.92 Å². The molecule has 21 heavy (non-hydrogen) atoms. The van der Waals surface area contributed by atoms with E-state index in [4.69, 9.17) is 0 Å². The molecule has 3 nitrogen and oxygen atoms in total. The first-order valence-electron chi connectivity index (χ1n) is 7.17. The summed E-state index contributed by atoms with van der Waals surface area (Å²) in [4.78, 5) is 13.4. The monoisotopic (exact) mass is 283 g/mol. The molecule has 0 radical (unpaired) electrons. The van der Waals surface area contributed by atoms with E-state index in [0.29, 0.717) is 6.54 Å². The maximum Gasteiger partial charge on any atom is 0.320 e. The van der Waals surface area contributed by atoms with Crippen LogP contribution in [0.4, 0.5) is 0 Å². The Morgan fingerprint density at radius 3 is 2.05 bits per heavy atom. The van der Waals surface area contributed by atoms with Gasteiger partial charge in [-0.1, -0.05) is 60.7 Å². The first-order chi connectivity index (χ1) is 10.1. The average Bonchev–Trinajstić information content (AvgIpc) is 2.53. The molecular weight excluding hydrogens is 262 g/mol. The molecule has 0 saturated heterocycles. The molecule has 0 spiro atoms. The number of benzene rings is 2. The van der Waals surface area contributed by atoms with E-state index in [1.165, 1.54) is 0 Å². The van der Waals surface area contributed by atoms with Crippen LogP contribution in [0, 0.1) is 0 Å². The molecule has 0 heterocycles. The molecule has 110 valence electrons. The van der Waals surface area contributed by atoms with Crippen LogP contribution in [0.15, 0.2) is 60.7 Å². The molecule has 0 amide bonds. The lowest BCUT2D eigenvalue weighted by Crippen LogP contribution is -2.40. The van der Waals surface area contributed by atoms with Gasteiger partial charge < -0.3 is 5.11 Å². The predicted molar refractivity (Wildman–Crippen MR) is 83.9 cm³/mol. The van der Waals surface area contributed by atoms with Gasteiger partial charge in [-0.3, -0.25) is 9.69 Å². The highest BCUT2D eigenvalue weighted by Crippen LogP contribution is 2.24. The highest BCUT2D eigenvalue weighted by molar-refractivity contribution is 5.73. The van der Waals surface area contributed by atoms with Crippen LogP contribution < -0.4 is 0 Å². The van der Waals surface area contributed by atoms with Gasteiger partial charge in [0, 0.05) is 12.6 Å². The molecular formula is C18H21NO2. The fourth-order valence-corrected chi connectivity index (χ4v) is 2.47. The zero-order valence-corrected chi connectivity index (χ0v) is 12.4. The van der Waals surface area contributed by atoms with Gasteiger partial charge in [0.1, 0.15) is 6.04 Å². The van der Waals surface area contributed by atoms with Crippen molar-refractivity contribution in [3.05, 3.63) is 71.8 Å². The summed E-state index contributed by atoms with van der Waals surface area (Å²) in [6.07, 6.45) is 0. The van der Waals surface area contributed by atoms with Crippen LogP contribution in [0.25, 0.3) is 0 Å². The van der Waals surface area contributed by atoms with Gasteiger partial charge in [0.15, 0.2) is 0 Å². The van der Waals surface area contributed by atoms with Crippen LogP contribution in [0.1, 0.15) is 31.0 Å². The lowest BCUT2D eigenvalue weighted by atomic mass is 10.0. The number of nitrogens with zero attached hydrogens (tertiary/aromatic N) is 1. The summed E-state index contributed by atoms with van der Waals surface area (Å²) in [5, 5.41) is 9.38. The molecule has 2 unspecified atom stereocenters.